The van der Waals surface area contributed by atoms with Gasteiger partial charge in [-0.2, -0.15) is 0 Å². The summed E-state index contributed by atoms with van der Waals surface area (Å²) in [6.07, 6.45) is 4.26. The molecule has 6 heteroatoms. The third-order valence-electron chi connectivity index (χ3n) is 4.60. The number of carbonyl (C=O) groups excluding carboxylic acids is 1. The van der Waals surface area contributed by atoms with Crippen molar-refractivity contribution in [2.24, 2.45) is 0 Å². The fourth-order valence-corrected chi connectivity index (χ4v) is 3.52. The van der Waals surface area contributed by atoms with Crippen LogP contribution in [0.3, 0.4) is 0 Å². The van der Waals surface area contributed by atoms with Crippen molar-refractivity contribution >= 4 is 29.3 Å². The summed E-state index contributed by atoms with van der Waals surface area (Å²) >= 11 is 6.29. The summed E-state index contributed by atoms with van der Waals surface area (Å²) in [5.74, 6) is 1.06. The number of hydrogen-bond acceptors (Lipinski definition) is 4. The summed E-state index contributed by atoms with van der Waals surface area (Å²) < 4.78 is 10.9. The van der Waals surface area contributed by atoms with Crippen molar-refractivity contribution in [2.75, 3.05) is 32.1 Å². The van der Waals surface area contributed by atoms with E-state index >= 15 is 0 Å². The van der Waals surface area contributed by atoms with Crippen molar-refractivity contribution < 1.29 is 14.3 Å². The van der Waals surface area contributed by atoms with Crippen LogP contribution in [0.25, 0.3) is 6.08 Å². The second-order valence-corrected chi connectivity index (χ2v) is 6.99. The average Bonchev–Trinajstić information content (AvgIpc) is 3.17. The number of nitrogens with zero attached hydrogens (tertiary/aromatic N) is 1. The molecule has 2 aromatic carbocycles. The van der Waals surface area contributed by atoms with E-state index in [1.54, 1.807) is 25.3 Å². The molecule has 28 heavy (non-hydrogen) atoms. The van der Waals surface area contributed by atoms with Gasteiger partial charge in [-0.25, -0.2) is 0 Å². The zero-order valence-corrected chi connectivity index (χ0v) is 16.9. The summed E-state index contributed by atoms with van der Waals surface area (Å²) in [5, 5.41) is 3.93. The maximum Gasteiger partial charge on any atom is 0.246 e. The molecule has 1 N–H and O–H groups in total. The molecular formula is C22H25ClN2O3. The fraction of sp³-hybridized carbons (Fsp3) is 0.318. The van der Waals surface area contributed by atoms with E-state index in [2.05, 4.69) is 5.32 Å². The minimum atomic E-state index is -0.0127. The van der Waals surface area contributed by atoms with E-state index in [4.69, 9.17) is 21.1 Å². The van der Waals surface area contributed by atoms with Crippen LogP contribution in [-0.4, -0.2) is 43.7 Å². The van der Waals surface area contributed by atoms with E-state index in [1.165, 1.54) is 0 Å². The summed E-state index contributed by atoms with van der Waals surface area (Å²) in [5.41, 5.74) is 1.87. The van der Waals surface area contributed by atoms with Crippen LogP contribution in [0.15, 0.2) is 48.5 Å². The highest BCUT2D eigenvalue weighted by atomic mass is 35.5. The molecule has 2 aromatic rings. The zero-order valence-electron chi connectivity index (χ0n) is 16.2. The molecule has 0 bridgehead atoms. The number of anilines is 1. The van der Waals surface area contributed by atoms with Crippen LogP contribution in [0.2, 0.25) is 5.02 Å². The van der Waals surface area contributed by atoms with Crippen LogP contribution in [0.1, 0.15) is 18.9 Å². The van der Waals surface area contributed by atoms with Crippen LogP contribution >= 0.6 is 11.6 Å². The normalized spacial score (nSPS) is 16.4. The molecule has 1 unspecified atom stereocenters. The van der Waals surface area contributed by atoms with E-state index < -0.39 is 0 Å². The number of halogens is 1. The lowest BCUT2D eigenvalue weighted by Crippen LogP contribution is -2.30. The van der Waals surface area contributed by atoms with Crippen molar-refractivity contribution in [3.63, 3.8) is 0 Å². The van der Waals surface area contributed by atoms with Crippen LogP contribution in [-0.2, 0) is 4.79 Å². The van der Waals surface area contributed by atoms with E-state index in [1.807, 2.05) is 48.2 Å². The Morgan fingerprint density at radius 1 is 1.32 bits per heavy atom. The Bertz CT molecular complexity index is 839. The summed E-state index contributed by atoms with van der Waals surface area (Å²) in [7, 11) is 1.57. The van der Waals surface area contributed by atoms with Crippen LogP contribution in [0.4, 0.5) is 5.69 Å². The molecule has 1 saturated heterocycles. The predicted octanol–water partition coefficient (Wildman–Crippen LogP) is 4.47. The number of benzene rings is 2. The first-order valence-electron chi connectivity index (χ1n) is 9.39. The molecule has 1 atom stereocenters. The Balaban J connectivity index is 1.61. The minimum Gasteiger partial charge on any atom is -0.493 e. The number of hydrogen-bond donors (Lipinski definition) is 1. The first-order valence-corrected chi connectivity index (χ1v) is 9.77. The Hall–Kier alpha value is -2.66. The monoisotopic (exact) mass is 400 g/mol. The van der Waals surface area contributed by atoms with E-state index in [-0.39, 0.29) is 11.9 Å². The van der Waals surface area contributed by atoms with E-state index in [0.29, 0.717) is 29.7 Å². The Kier molecular flexibility index (Phi) is 6.82. The van der Waals surface area contributed by atoms with Gasteiger partial charge in [-0.1, -0.05) is 29.8 Å². The molecule has 1 aliphatic heterocycles. The molecule has 1 fully saturated rings. The molecule has 148 valence electrons. The largest absolute Gasteiger partial charge is 0.493 e. The number of amides is 1. The molecule has 0 aliphatic carbocycles. The number of rotatable bonds is 7. The number of para-hydroxylation sites is 1. The number of ether oxygens (including phenoxy) is 2. The van der Waals surface area contributed by atoms with Gasteiger partial charge in [0.05, 0.1) is 18.7 Å². The van der Waals surface area contributed by atoms with Crippen LogP contribution in [0.5, 0.6) is 11.5 Å². The van der Waals surface area contributed by atoms with Gasteiger partial charge >= 0.3 is 0 Å². The predicted molar refractivity (Wildman–Crippen MR) is 113 cm³/mol. The zero-order chi connectivity index (χ0) is 19.9. The second kappa shape index (κ2) is 9.51. The van der Waals surface area contributed by atoms with Gasteiger partial charge in [0.15, 0.2) is 11.5 Å². The van der Waals surface area contributed by atoms with Crippen LogP contribution < -0.4 is 14.8 Å². The molecular weight excluding hydrogens is 376 g/mol. The van der Waals surface area contributed by atoms with Gasteiger partial charge < -0.3 is 19.7 Å². The first kappa shape index (κ1) is 20.1. The third kappa shape index (κ3) is 4.98. The number of likely N-dealkylation sites (tertiary alicyclic amines) is 1. The Morgan fingerprint density at radius 3 is 2.82 bits per heavy atom. The van der Waals surface area contributed by atoms with Gasteiger partial charge in [-0.3, -0.25) is 4.79 Å². The molecule has 3 rings (SSSR count). The molecule has 0 spiro atoms. The van der Waals surface area contributed by atoms with Crippen LogP contribution in [0, 0.1) is 0 Å². The molecule has 0 saturated carbocycles. The van der Waals surface area contributed by atoms with E-state index in [9.17, 15) is 4.79 Å². The Labute approximate surface area is 170 Å². The van der Waals surface area contributed by atoms with E-state index in [0.717, 1.165) is 24.2 Å². The quantitative estimate of drug-likeness (QED) is 0.696. The molecule has 5 nitrogen and oxygen atoms in total. The molecule has 1 heterocycles. The van der Waals surface area contributed by atoms with Crippen molar-refractivity contribution in [2.45, 2.75) is 19.4 Å². The highest BCUT2D eigenvalue weighted by molar-refractivity contribution is 6.32. The standard InChI is InChI=1S/C22H25ClN2O3/c1-3-28-22-19(23)13-16(14-20(22)27-2)9-10-21(26)25-12-11-18(15-25)24-17-7-5-4-6-8-17/h4-10,13-14,18,24H,3,11-12,15H2,1-2H3/b10-9+. The van der Waals surface area contributed by atoms with Gasteiger partial charge in [0, 0.05) is 30.9 Å². The minimum absolute atomic E-state index is 0.0127. The lowest BCUT2D eigenvalue weighted by molar-refractivity contribution is -0.124. The lowest BCUT2D eigenvalue weighted by atomic mass is 10.2. The van der Waals surface area contributed by atoms with Gasteiger partial charge in [-0.05, 0) is 49.2 Å². The highest BCUT2D eigenvalue weighted by Crippen LogP contribution is 2.36. The number of nitrogens with one attached hydrogen (secondary N) is 1. The highest BCUT2D eigenvalue weighted by Gasteiger charge is 2.24. The van der Waals surface area contributed by atoms with Gasteiger partial charge in [0.1, 0.15) is 0 Å². The number of carbonyl (C=O) groups is 1. The molecule has 0 radical (unpaired) electrons. The van der Waals surface area contributed by atoms with Gasteiger partial charge in [0.2, 0.25) is 5.91 Å². The summed E-state index contributed by atoms with van der Waals surface area (Å²) in [6.45, 7) is 3.81. The summed E-state index contributed by atoms with van der Waals surface area (Å²) in [6, 6.07) is 13.9. The maximum atomic E-state index is 12.5. The summed E-state index contributed by atoms with van der Waals surface area (Å²) in [4.78, 5) is 14.4. The smallest absolute Gasteiger partial charge is 0.246 e. The van der Waals surface area contributed by atoms with Crippen molar-refractivity contribution in [3.05, 3.63) is 59.1 Å². The maximum absolute atomic E-state index is 12.5. The second-order valence-electron chi connectivity index (χ2n) is 6.58. The lowest BCUT2D eigenvalue weighted by Gasteiger charge is -2.16. The third-order valence-corrected chi connectivity index (χ3v) is 4.88. The Morgan fingerprint density at radius 2 is 2.11 bits per heavy atom. The fourth-order valence-electron chi connectivity index (χ4n) is 3.24. The topological polar surface area (TPSA) is 50.8 Å². The van der Waals surface area contributed by atoms with Crippen molar-refractivity contribution in [1.82, 2.24) is 4.90 Å². The van der Waals surface area contributed by atoms with Gasteiger partial charge in [0.25, 0.3) is 0 Å². The molecule has 1 amide bonds. The van der Waals surface area contributed by atoms with Crippen molar-refractivity contribution in [1.29, 1.82) is 0 Å². The molecule has 0 aromatic heterocycles. The van der Waals surface area contributed by atoms with Gasteiger partial charge in [-0.15, -0.1) is 0 Å². The first-order chi connectivity index (χ1) is 13.6. The SMILES string of the molecule is CCOc1c(Cl)cc(/C=C/C(=O)N2CCC(Nc3ccccc3)C2)cc1OC. The average molecular weight is 401 g/mol. The van der Waals surface area contributed by atoms with Crippen molar-refractivity contribution in [3.8, 4) is 11.5 Å². The number of methoxy groups -OCH3 is 1. The molecule has 1 aliphatic rings.